The Balaban J connectivity index is 1.44. The molecule has 0 spiro atoms. The molecule has 1 amide bonds. The van der Waals surface area contributed by atoms with Crippen LogP contribution in [0.3, 0.4) is 0 Å². The first-order valence-corrected chi connectivity index (χ1v) is 12.5. The van der Waals surface area contributed by atoms with E-state index in [0.29, 0.717) is 30.2 Å². The van der Waals surface area contributed by atoms with E-state index in [1.807, 2.05) is 19.1 Å². The van der Waals surface area contributed by atoms with Crippen LogP contribution in [0.5, 0.6) is 5.75 Å². The second-order valence-electron chi connectivity index (χ2n) is 7.89. The second-order valence-corrected chi connectivity index (χ2v) is 10.0. The highest BCUT2D eigenvalue weighted by atomic mass is 35.5. The van der Waals surface area contributed by atoms with Crippen molar-refractivity contribution in [3.05, 3.63) is 53.1 Å². The average molecular weight is 465 g/mol. The number of carbonyl (C=O) groups excluding carboxylic acids is 1. The molecule has 0 saturated heterocycles. The van der Waals surface area contributed by atoms with Gasteiger partial charge in [0.05, 0.1) is 11.5 Å². The number of anilines is 1. The minimum absolute atomic E-state index is 0.0111. The van der Waals surface area contributed by atoms with Gasteiger partial charge >= 0.3 is 0 Å². The predicted molar refractivity (Wildman–Crippen MR) is 123 cm³/mol. The maximum Gasteiger partial charge on any atom is 0.240 e. The van der Waals surface area contributed by atoms with Crippen molar-refractivity contribution in [3.8, 4) is 5.75 Å². The number of aryl methyl sites for hydroxylation is 1. The fraction of sp³-hybridized carbons (Fsp3) is 0.435. The Labute approximate surface area is 189 Å². The quantitative estimate of drug-likeness (QED) is 0.508. The lowest BCUT2D eigenvalue weighted by Crippen LogP contribution is -2.36. The lowest BCUT2D eigenvalue weighted by molar-refractivity contribution is -0.116. The third kappa shape index (κ3) is 7.23. The Morgan fingerprint density at radius 2 is 1.81 bits per heavy atom. The van der Waals surface area contributed by atoms with Crippen LogP contribution in [0.2, 0.25) is 5.02 Å². The first kappa shape index (κ1) is 23.6. The van der Waals surface area contributed by atoms with Crippen LogP contribution in [-0.2, 0) is 14.8 Å². The summed E-state index contributed by atoms with van der Waals surface area (Å²) in [6.45, 7) is 2.34. The van der Waals surface area contributed by atoms with Crippen LogP contribution in [0.25, 0.3) is 0 Å². The average Bonchev–Trinajstić information content (AvgIpc) is 2.73. The van der Waals surface area contributed by atoms with Gasteiger partial charge in [0.25, 0.3) is 0 Å². The van der Waals surface area contributed by atoms with E-state index in [1.165, 1.54) is 18.6 Å². The Kier molecular flexibility index (Phi) is 8.35. The van der Waals surface area contributed by atoms with E-state index in [0.717, 1.165) is 37.0 Å². The SMILES string of the molecule is Cc1cc(Cl)ccc1OCCCC(=O)Nc1ccc(S(=O)(=O)NC2CCCCC2)cc1. The summed E-state index contributed by atoms with van der Waals surface area (Å²) < 4.78 is 33.6. The summed E-state index contributed by atoms with van der Waals surface area (Å²) in [7, 11) is -3.54. The van der Waals surface area contributed by atoms with Gasteiger partial charge in [0.1, 0.15) is 5.75 Å². The predicted octanol–water partition coefficient (Wildman–Crippen LogP) is 5.06. The molecule has 2 aromatic carbocycles. The van der Waals surface area contributed by atoms with Crippen molar-refractivity contribution < 1.29 is 17.9 Å². The molecule has 8 heteroatoms. The van der Waals surface area contributed by atoms with Gasteiger partial charge in [-0.25, -0.2) is 13.1 Å². The van der Waals surface area contributed by atoms with E-state index >= 15 is 0 Å². The van der Waals surface area contributed by atoms with Gasteiger partial charge in [0, 0.05) is 23.2 Å². The number of rotatable bonds is 9. The maximum atomic E-state index is 12.5. The topological polar surface area (TPSA) is 84.5 Å². The van der Waals surface area contributed by atoms with Crippen molar-refractivity contribution in [2.45, 2.75) is 62.8 Å². The molecule has 168 valence electrons. The number of carbonyl (C=O) groups is 1. The van der Waals surface area contributed by atoms with E-state index in [2.05, 4.69) is 10.0 Å². The molecule has 31 heavy (non-hydrogen) atoms. The third-order valence-electron chi connectivity index (χ3n) is 5.32. The van der Waals surface area contributed by atoms with Crippen molar-refractivity contribution in [3.63, 3.8) is 0 Å². The highest BCUT2D eigenvalue weighted by molar-refractivity contribution is 7.89. The van der Waals surface area contributed by atoms with Gasteiger partial charge in [-0.15, -0.1) is 0 Å². The maximum absolute atomic E-state index is 12.5. The largest absolute Gasteiger partial charge is 0.493 e. The molecular weight excluding hydrogens is 436 g/mol. The lowest BCUT2D eigenvalue weighted by atomic mass is 9.96. The Bertz CT molecular complexity index is 987. The first-order chi connectivity index (χ1) is 14.8. The summed E-state index contributed by atoms with van der Waals surface area (Å²) in [6, 6.07) is 11.7. The van der Waals surface area contributed by atoms with Crippen LogP contribution in [0.1, 0.15) is 50.5 Å². The number of halogens is 1. The molecule has 1 saturated carbocycles. The van der Waals surface area contributed by atoms with Crippen molar-refractivity contribution >= 4 is 33.2 Å². The minimum atomic E-state index is -3.54. The molecule has 2 N–H and O–H groups in total. The number of benzene rings is 2. The standard InChI is InChI=1S/C23H29ClN2O4S/c1-17-16-18(24)9-14-22(17)30-15-5-8-23(27)25-19-10-12-21(13-11-19)31(28,29)26-20-6-3-2-4-7-20/h9-14,16,20,26H,2-8,15H2,1H3,(H,25,27). The van der Waals surface area contributed by atoms with Gasteiger partial charge in [0.2, 0.25) is 15.9 Å². The van der Waals surface area contributed by atoms with E-state index in [1.54, 1.807) is 18.2 Å². The number of amides is 1. The molecule has 1 aliphatic carbocycles. The van der Waals surface area contributed by atoms with E-state index in [-0.39, 0.29) is 16.8 Å². The summed E-state index contributed by atoms with van der Waals surface area (Å²) >= 11 is 5.93. The molecule has 0 aliphatic heterocycles. The monoisotopic (exact) mass is 464 g/mol. The normalized spacial score (nSPS) is 14.9. The zero-order valence-electron chi connectivity index (χ0n) is 17.7. The van der Waals surface area contributed by atoms with Crippen molar-refractivity contribution in [1.29, 1.82) is 0 Å². The van der Waals surface area contributed by atoms with E-state index < -0.39 is 10.0 Å². The zero-order valence-corrected chi connectivity index (χ0v) is 19.3. The zero-order chi connectivity index (χ0) is 22.3. The molecule has 2 aromatic rings. The number of nitrogens with one attached hydrogen (secondary N) is 2. The summed E-state index contributed by atoms with van der Waals surface area (Å²) in [4.78, 5) is 12.4. The van der Waals surface area contributed by atoms with Crippen molar-refractivity contribution in [2.75, 3.05) is 11.9 Å². The molecule has 1 fully saturated rings. The summed E-state index contributed by atoms with van der Waals surface area (Å²) in [5.74, 6) is 0.607. The van der Waals surface area contributed by atoms with Crippen molar-refractivity contribution in [2.24, 2.45) is 0 Å². The number of sulfonamides is 1. The summed E-state index contributed by atoms with van der Waals surface area (Å²) in [5, 5.41) is 3.45. The van der Waals surface area contributed by atoms with Crippen LogP contribution < -0.4 is 14.8 Å². The van der Waals surface area contributed by atoms with Crippen LogP contribution in [-0.4, -0.2) is 27.0 Å². The Hall–Kier alpha value is -2.09. The van der Waals surface area contributed by atoms with E-state index in [9.17, 15) is 13.2 Å². The van der Waals surface area contributed by atoms with Crippen LogP contribution in [0.15, 0.2) is 47.4 Å². The molecule has 0 aromatic heterocycles. The minimum Gasteiger partial charge on any atom is -0.493 e. The summed E-state index contributed by atoms with van der Waals surface area (Å²) in [6.07, 6.45) is 5.91. The Morgan fingerprint density at radius 1 is 1.10 bits per heavy atom. The highest BCUT2D eigenvalue weighted by Gasteiger charge is 2.21. The van der Waals surface area contributed by atoms with Gasteiger partial charge in [0.15, 0.2) is 0 Å². The van der Waals surface area contributed by atoms with Gasteiger partial charge in [-0.3, -0.25) is 4.79 Å². The fourth-order valence-corrected chi connectivity index (χ4v) is 5.17. The first-order valence-electron chi connectivity index (χ1n) is 10.6. The second kappa shape index (κ2) is 11.0. The Morgan fingerprint density at radius 3 is 2.48 bits per heavy atom. The van der Waals surface area contributed by atoms with Gasteiger partial charge in [-0.1, -0.05) is 30.9 Å². The highest BCUT2D eigenvalue weighted by Crippen LogP contribution is 2.23. The van der Waals surface area contributed by atoms with Gasteiger partial charge in [-0.2, -0.15) is 0 Å². The molecule has 0 bridgehead atoms. The van der Waals surface area contributed by atoms with Crippen LogP contribution in [0.4, 0.5) is 5.69 Å². The molecule has 0 radical (unpaired) electrons. The molecule has 1 aliphatic rings. The van der Waals surface area contributed by atoms with Crippen LogP contribution >= 0.6 is 11.6 Å². The third-order valence-corrected chi connectivity index (χ3v) is 7.09. The van der Waals surface area contributed by atoms with Crippen molar-refractivity contribution in [1.82, 2.24) is 4.72 Å². The van der Waals surface area contributed by atoms with Gasteiger partial charge < -0.3 is 10.1 Å². The van der Waals surface area contributed by atoms with E-state index in [4.69, 9.17) is 16.3 Å². The number of ether oxygens (including phenoxy) is 1. The summed E-state index contributed by atoms with van der Waals surface area (Å²) in [5.41, 5.74) is 1.51. The molecule has 0 atom stereocenters. The van der Waals surface area contributed by atoms with Crippen LogP contribution in [0, 0.1) is 6.92 Å². The smallest absolute Gasteiger partial charge is 0.240 e. The molecule has 3 rings (SSSR count). The van der Waals surface area contributed by atoms with Gasteiger partial charge in [-0.05, 0) is 74.2 Å². The fourth-order valence-electron chi connectivity index (χ4n) is 3.64. The lowest BCUT2D eigenvalue weighted by Gasteiger charge is -2.22. The molecule has 0 heterocycles. The molecule has 0 unspecified atom stereocenters. The number of hydrogen-bond donors (Lipinski definition) is 2. The molecule has 6 nitrogen and oxygen atoms in total. The molecular formula is C23H29ClN2O4S. The number of hydrogen-bond acceptors (Lipinski definition) is 4.